The molecule has 0 radical (unpaired) electrons. The molecule has 0 rings (SSSR count). The molecule has 0 amide bonds. The summed E-state index contributed by atoms with van der Waals surface area (Å²) in [7, 11) is 0. The van der Waals surface area contributed by atoms with Gasteiger partial charge in [0.05, 0.1) is 0 Å². The van der Waals surface area contributed by atoms with Crippen LogP contribution in [0.1, 0.15) is 107 Å². The van der Waals surface area contributed by atoms with Crippen LogP contribution in [-0.4, -0.2) is 0 Å². The Balaban J connectivity index is 4.96. The van der Waals surface area contributed by atoms with Crippen LogP contribution in [0.4, 0.5) is 0 Å². The molecule has 2 atom stereocenters. The predicted octanol–water partition coefficient (Wildman–Crippen LogP) is 7.23. The van der Waals surface area contributed by atoms with Gasteiger partial charge in [-0.05, 0) is 41.9 Å². The molecule has 0 aliphatic rings. The third-order valence-electron chi connectivity index (χ3n) is 5.28. The van der Waals surface area contributed by atoms with Crippen LogP contribution in [0.25, 0.3) is 0 Å². The van der Waals surface area contributed by atoms with E-state index in [0.29, 0.717) is 16.2 Å². The van der Waals surface area contributed by atoms with Crippen LogP contribution >= 0.6 is 0 Å². The molecule has 0 saturated heterocycles. The first-order valence-corrected chi connectivity index (χ1v) is 8.66. The highest BCUT2D eigenvalue weighted by Crippen LogP contribution is 2.48. The maximum absolute atomic E-state index is 2.55. The van der Waals surface area contributed by atoms with Crippen molar-refractivity contribution in [1.82, 2.24) is 0 Å². The first-order valence-electron chi connectivity index (χ1n) is 8.66. The molecule has 0 aliphatic carbocycles. The molecule has 0 heterocycles. The number of hydrogen-bond donors (Lipinski definition) is 0. The molecular formula is C19H40. The van der Waals surface area contributed by atoms with Gasteiger partial charge in [-0.3, -0.25) is 0 Å². The Labute approximate surface area is 123 Å². The Hall–Kier alpha value is 0. The van der Waals surface area contributed by atoms with Gasteiger partial charge in [-0.1, -0.05) is 81.1 Å². The van der Waals surface area contributed by atoms with E-state index in [1.54, 1.807) is 0 Å². The van der Waals surface area contributed by atoms with Gasteiger partial charge in [-0.15, -0.1) is 0 Å². The highest BCUT2D eigenvalue weighted by Gasteiger charge is 2.36. The van der Waals surface area contributed by atoms with Crippen molar-refractivity contribution in [3.8, 4) is 0 Å². The van der Waals surface area contributed by atoms with Gasteiger partial charge in [0.2, 0.25) is 0 Å². The largest absolute Gasteiger partial charge is 0.0654 e. The Kier molecular flexibility index (Phi) is 7.70. The van der Waals surface area contributed by atoms with Gasteiger partial charge in [0.25, 0.3) is 0 Å². The minimum Gasteiger partial charge on any atom is -0.0654 e. The second-order valence-electron chi connectivity index (χ2n) is 8.35. The fourth-order valence-corrected chi connectivity index (χ4v) is 4.15. The first kappa shape index (κ1) is 19.0. The summed E-state index contributed by atoms with van der Waals surface area (Å²) >= 11 is 0. The highest BCUT2D eigenvalue weighted by molar-refractivity contribution is 4.88. The van der Waals surface area contributed by atoms with Crippen molar-refractivity contribution in [3.05, 3.63) is 0 Å². The van der Waals surface area contributed by atoms with Gasteiger partial charge in [0, 0.05) is 0 Å². The molecule has 19 heavy (non-hydrogen) atoms. The molecule has 0 nitrogen and oxygen atoms in total. The van der Waals surface area contributed by atoms with Crippen LogP contribution in [-0.2, 0) is 0 Å². The summed E-state index contributed by atoms with van der Waals surface area (Å²) in [6, 6.07) is 0. The Morgan fingerprint density at radius 2 is 1.05 bits per heavy atom. The third kappa shape index (κ3) is 6.82. The summed E-state index contributed by atoms with van der Waals surface area (Å²) in [4.78, 5) is 0. The van der Waals surface area contributed by atoms with E-state index in [1.165, 1.54) is 51.4 Å². The molecule has 116 valence electrons. The highest BCUT2D eigenvalue weighted by atomic mass is 14.4. The molecule has 0 aromatic rings. The standard InChI is InChI=1S/C19H40/c1-9-13-18(7,12-4)16-19(8,14-10-2)15-17(5,6)11-3/h9-16H2,1-8H3. The van der Waals surface area contributed by atoms with Crippen molar-refractivity contribution in [2.45, 2.75) is 107 Å². The smallest absolute Gasteiger partial charge is 0.0316 e. The minimum atomic E-state index is 0.491. The van der Waals surface area contributed by atoms with Crippen molar-refractivity contribution in [1.29, 1.82) is 0 Å². The van der Waals surface area contributed by atoms with Crippen molar-refractivity contribution < 1.29 is 0 Å². The zero-order valence-electron chi connectivity index (χ0n) is 15.2. The zero-order valence-corrected chi connectivity index (χ0v) is 15.2. The third-order valence-corrected chi connectivity index (χ3v) is 5.28. The van der Waals surface area contributed by atoms with Crippen LogP contribution in [0, 0.1) is 16.2 Å². The Morgan fingerprint density at radius 3 is 1.42 bits per heavy atom. The second kappa shape index (κ2) is 7.70. The van der Waals surface area contributed by atoms with E-state index in [0.717, 1.165) is 0 Å². The Morgan fingerprint density at radius 1 is 0.579 bits per heavy atom. The van der Waals surface area contributed by atoms with Crippen LogP contribution in [0.5, 0.6) is 0 Å². The zero-order chi connectivity index (χ0) is 15.2. The van der Waals surface area contributed by atoms with E-state index in [1.807, 2.05) is 0 Å². The average molecular weight is 269 g/mol. The van der Waals surface area contributed by atoms with Crippen molar-refractivity contribution in [2.24, 2.45) is 16.2 Å². The van der Waals surface area contributed by atoms with Crippen LogP contribution in [0.15, 0.2) is 0 Å². The summed E-state index contributed by atoms with van der Waals surface area (Å²) in [5.74, 6) is 0. The monoisotopic (exact) mass is 268 g/mol. The second-order valence-corrected chi connectivity index (χ2v) is 8.35. The lowest BCUT2D eigenvalue weighted by atomic mass is 9.62. The molecule has 2 unspecified atom stereocenters. The SMILES string of the molecule is CCCC(C)(CC)CC(C)(CCC)CC(C)(C)CC. The first-order chi connectivity index (χ1) is 8.66. The molecule has 0 spiro atoms. The van der Waals surface area contributed by atoms with Crippen molar-refractivity contribution >= 4 is 0 Å². The van der Waals surface area contributed by atoms with Crippen LogP contribution in [0.3, 0.4) is 0 Å². The lowest BCUT2D eigenvalue weighted by Crippen LogP contribution is -2.32. The lowest BCUT2D eigenvalue weighted by molar-refractivity contribution is 0.0787. The molecule has 0 N–H and O–H groups in total. The van der Waals surface area contributed by atoms with Crippen LogP contribution < -0.4 is 0 Å². The summed E-state index contributed by atoms with van der Waals surface area (Å²) in [5.41, 5.74) is 1.56. The molecule has 0 heteroatoms. The van der Waals surface area contributed by atoms with E-state index in [2.05, 4.69) is 55.4 Å². The fraction of sp³-hybridized carbons (Fsp3) is 1.00. The molecule has 0 aliphatic heterocycles. The number of rotatable bonds is 10. The maximum atomic E-state index is 2.55. The van der Waals surface area contributed by atoms with Gasteiger partial charge >= 0.3 is 0 Å². The topological polar surface area (TPSA) is 0 Å². The van der Waals surface area contributed by atoms with Gasteiger partial charge in [-0.2, -0.15) is 0 Å². The van der Waals surface area contributed by atoms with Crippen LogP contribution in [0.2, 0.25) is 0 Å². The van der Waals surface area contributed by atoms with E-state index >= 15 is 0 Å². The molecule has 0 fully saturated rings. The quantitative estimate of drug-likeness (QED) is 0.392. The van der Waals surface area contributed by atoms with E-state index < -0.39 is 0 Å². The lowest BCUT2D eigenvalue weighted by Gasteiger charge is -2.43. The van der Waals surface area contributed by atoms with Gasteiger partial charge in [0.1, 0.15) is 0 Å². The summed E-state index contributed by atoms with van der Waals surface area (Å²) in [5, 5.41) is 0. The fourth-order valence-electron chi connectivity index (χ4n) is 4.15. The molecule has 0 aromatic heterocycles. The molecule has 0 saturated carbocycles. The number of hydrogen-bond acceptors (Lipinski definition) is 0. The van der Waals surface area contributed by atoms with Gasteiger partial charge < -0.3 is 0 Å². The summed E-state index contributed by atoms with van der Waals surface area (Å²) in [6.07, 6.45) is 10.8. The normalized spacial score (nSPS) is 18.9. The van der Waals surface area contributed by atoms with Crippen molar-refractivity contribution in [3.63, 3.8) is 0 Å². The summed E-state index contributed by atoms with van der Waals surface area (Å²) < 4.78 is 0. The maximum Gasteiger partial charge on any atom is -0.0316 e. The minimum absolute atomic E-state index is 0.491. The average Bonchev–Trinajstić information content (AvgIpc) is 2.28. The summed E-state index contributed by atoms with van der Waals surface area (Å²) in [6.45, 7) is 19.4. The predicted molar refractivity (Wildman–Crippen MR) is 89.6 cm³/mol. The van der Waals surface area contributed by atoms with Gasteiger partial charge in [0.15, 0.2) is 0 Å². The van der Waals surface area contributed by atoms with Crippen molar-refractivity contribution in [2.75, 3.05) is 0 Å². The Bertz CT molecular complexity index is 240. The molecule has 0 bridgehead atoms. The van der Waals surface area contributed by atoms with E-state index in [9.17, 15) is 0 Å². The van der Waals surface area contributed by atoms with E-state index in [-0.39, 0.29) is 0 Å². The van der Waals surface area contributed by atoms with E-state index in [4.69, 9.17) is 0 Å². The molecular weight excluding hydrogens is 228 g/mol. The molecule has 0 aromatic carbocycles. The van der Waals surface area contributed by atoms with Gasteiger partial charge in [-0.25, -0.2) is 0 Å².